The van der Waals surface area contributed by atoms with Crippen LogP contribution in [0.4, 0.5) is 5.69 Å². The summed E-state index contributed by atoms with van der Waals surface area (Å²) < 4.78 is 21.9. The molecule has 0 N–H and O–H groups in total. The molecule has 1 rings (SSSR count). The largest absolute Gasteiger partial charge is 0.497 e. The van der Waals surface area contributed by atoms with Crippen molar-refractivity contribution in [3.63, 3.8) is 0 Å². The average molecular weight is 468 g/mol. The fourth-order valence-electron chi connectivity index (χ4n) is 2.90. The number of carbonyl (C=O) groups is 2. The van der Waals surface area contributed by atoms with Gasteiger partial charge in [-0.1, -0.05) is 20.8 Å². The summed E-state index contributed by atoms with van der Waals surface area (Å²) in [6.45, 7) is 16.0. The number of hydrogen-bond acceptors (Lipinski definition) is 7. The Bertz CT molecular complexity index is 696. The number of benzene rings is 1. The van der Waals surface area contributed by atoms with Crippen molar-refractivity contribution in [3.8, 4) is 5.75 Å². The molecule has 0 fully saturated rings. The van der Waals surface area contributed by atoms with Crippen LogP contribution in [0.2, 0.25) is 18.1 Å². The summed E-state index contributed by atoms with van der Waals surface area (Å²) in [5.74, 6) is -0.529. The number of esters is 2. The molecular formula is C24H41NO6Si. The first-order valence-electron chi connectivity index (χ1n) is 11.4. The van der Waals surface area contributed by atoms with Gasteiger partial charge in [-0.15, -0.1) is 0 Å². The monoisotopic (exact) mass is 467 g/mol. The molecule has 0 aromatic heterocycles. The molecule has 182 valence electrons. The summed E-state index contributed by atoms with van der Waals surface area (Å²) in [6, 6.07) is 6.10. The highest BCUT2D eigenvalue weighted by Gasteiger charge is 2.37. The third-order valence-electron chi connectivity index (χ3n) is 5.80. The van der Waals surface area contributed by atoms with E-state index in [1.54, 1.807) is 38.0 Å². The van der Waals surface area contributed by atoms with Crippen LogP contribution in [0, 0.1) is 0 Å². The fraction of sp³-hybridized carbons (Fsp3) is 0.667. The minimum Gasteiger partial charge on any atom is -0.497 e. The summed E-state index contributed by atoms with van der Waals surface area (Å²) in [4.78, 5) is 27.2. The lowest BCUT2D eigenvalue weighted by Crippen LogP contribution is -2.49. The van der Waals surface area contributed by atoms with Gasteiger partial charge in [0.15, 0.2) is 8.32 Å². The molecule has 0 atom stereocenters. The molecule has 32 heavy (non-hydrogen) atoms. The highest BCUT2D eigenvalue weighted by atomic mass is 28.4. The topological polar surface area (TPSA) is 74.3 Å². The second-order valence-corrected chi connectivity index (χ2v) is 13.9. The number of anilines is 1. The lowest BCUT2D eigenvalue weighted by atomic mass is 10.1. The molecule has 0 radical (unpaired) electrons. The number of nitrogens with zero attached hydrogens (tertiary/aromatic N) is 1. The molecule has 0 saturated carbocycles. The van der Waals surface area contributed by atoms with Crippen LogP contribution in [-0.2, 0) is 23.5 Å². The second-order valence-electron chi connectivity index (χ2n) is 9.11. The Morgan fingerprint density at radius 3 is 1.94 bits per heavy atom. The Labute approximate surface area is 194 Å². The maximum atomic E-state index is 12.7. The normalized spacial score (nSPS) is 11.9. The van der Waals surface area contributed by atoms with E-state index >= 15 is 0 Å². The SMILES string of the molecule is CCOC(=O)C(C(=O)OCC)N(CCCCO[Si](C)(C)C(C)(C)C)c1ccc(OC)cc1. The average Bonchev–Trinajstić information content (AvgIpc) is 2.72. The van der Waals surface area contributed by atoms with E-state index < -0.39 is 26.3 Å². The molecule has 8 heteroatoms. The van der Waals surface area contributed by atoms with Crippen LogP contribution in [0.1, 0.15) is 47.5 Å². The summed E-state index contributed by atoms with van der Waals surface area (Å²) >= 11 is 0. The molecule has 0 bridgehead atoms. The smallest absolute Gasteiger partial charge is 0.340 e. The molecule has 0 unspecified atom stereocenters. The van der Waals surface area contributed by atoms with Gasteiger partial charge in [-0.05, 0) is 69.1 Å². The van der Waals surface area contributed by atoms with E-state index in [1.165, 1.54) is 0 Å². The Balaban J connectivity index is 3.01. The Morgan fingerprint density at radius 2 is 1.50 bits per heavy atom. The minimum atomic E-state index is -1.81. The van der Waals surface area contributed by atoms with Crippen LogP contribution in [0.15, 0.2) is 24.3 Å². The van der Waals surface area contributed by atoms with Crippen molar-refractivity contribution in [1.29, 1.82) is 0 Å². The predicted octanol–water partition coefficient (Wildman–Crippen LogP) is 4.80. The first-order valence-corrected chi connectivity index (χ1v) is 14.3. The fourth-order valence-corrected chi connectivity index (χ4v) is 3.99. The molecule has 0 spiro atoms. The Kier molecular flexibility index (Phi) is 11.2. The Hall–Kier alpha value is -2.06. The van der Waals surface area contributed by atoms with Gasteiger partial charge in [-0.3, -0.25) is 0 Å². The third kappa shape index (κ3) is 8.13. The van der Waals surface area contributed by atoms with Gasteiger partial charge in [0.25, 0.3) is 0 Å². The molecule has 0 saturated heterocycles. The van der Waals surface area contributed by atoms with Gasteiger partial charge >= 0.3 is 11.9 Å². The van der Waals surface area contributed by atoms with Crippen LogP contribution in [-0.4, -0.2) is 59.8 Å². The highest BCUT2D eigenvalue weighted by Crippen LogP contribution is 2.36. The summed E-state index contributed by atoms with van der Waals surface area (Å²) in [5.41, 5.74) is 0.724. The molecule has 1 aromatic rings. The molecule has 7 nitrogen and oxygen atoms in total. The van der Waals surface area contributed by atoms with Crippen LogP contribution in [0.5, 0.6) is 5.75 Å². The molecule has 0 aliphatic carbocycles. The second kappa shape index (κ2) is 12.8. The van der Waals surface area contributed by atoms with Crippen LogP contribution in [0.3, 0.4) is 0 Å². The number of methoxy groups -OCH3 is 1. The summed E-state index contributed by atoms with van der Waals surface area (Å²) in [5, 5.41) is 0.154. The molecule has 0 amide bonds. The maximum absolute atomic E-state index is 12.7. The quantitative estimate of drug-likeness (QED) is 0.179. The van der Waals surface area contributed by atoms with Crippen LogP contribution >= 0.6 is 0 Å². The van der Waals surface area contributed by atoms with E-state index in [0.29, 0.717) is 18.9 Å². The van der Waals surface area contributed by atoms with Gasteiger partial charge in [0, 0.05) is 18.8 Å². The van der Waals surface area contributed by atoms with E-state index in [-0.39, 0.29) is 18.3 Å². The van der Waals surface area contributed by atoms with Gasteiger partial charge in [0.2, 0.25) is 6.04 Å². The highest BCUT2D eigenvalue weighted by molar-refractivity contribution is 6.74. The Morgan fingerprint density at radius 1 is 0.969 bits per heavy atom. The molecule has 0 aliphatic rings. The zero-order valence-electron chi connectivity index (χ0n) is 21.0. The van der Waals surface area contributed by atoms with Crippen molar-refractivity contribution in [2.24, 2.45) is 0 Å². The number of rotatable bonds is 13. The van der Waals surface area contributed by atoms with Crippen molar-refractivity contribution in [2.45, 2.75) is 71.6 Å². The standard InChI is InChI=1S/C24H41NO6Si/c1-9-29-22(26)21(23(27)30-10-2)25(19-13-15-20(28-6)16-14-19)17-11-12-18-31-32(7,8)24(3,4)5/h13-16,21H,9-12,17-18H2,1-8H3. The van der Waals surface area contributed by atoms with E-state index in [2.05, 4.69) is 33.9 Å². The number of ether oxygens (including phenoxy) is 3. The van der Waals surface area contributed by atoms with Crippen molar-refractivity contribution < 1.29 is 28.2 Å². The summed E-state index contributed by atoms with van der Waals surface area (Å²) in [7, 11) is -0.219. The van der Waals surface area contributed by atoms with E-state index in [0.717, 1.165) is 18.5 Å². The van der Waals surface area contributed by atoms with Crippen LogP contribution < -0.4 is 9.64 Å². The third-order valence-corrected chi connectivity index (χ3v) is 10.3. The molecule has 0 aliphatic heterocycles. The maximum Gasteiger partial charge on any atom is 0.340 e. The van der Waals surface area contributed by atoms with Gasteiger partial charge in [0.05, 0.1) is 20.3 Å². The lowest BCUT2D eigenvalue weighted by molar-refractivity contribution is -0.156. The van der Waals surface area contributed by atoms with Gasteiger partial charge in [0.1, 0.15) is 5.75 Å². The molecular weight excluding hydrogens is 426 g/mol. The van der Waals surface area contributed by atoms with Crippen LogP contribution in [0.25, 0.3) is 0 Å². The first kappa shape index (κ1) is 28.0. The number of carbonyl (C=O) groups excluding carboxylic acids is 2. The van der Waals surface area contributed by atoms with Gasteiger partial charge in [-0.2, -0.15) is 0 Å². The van der Waals surface area contributed by atoms with Crippen molar-refractivity contribution in [1.82, 2.24) is 0 Å². The van der Waals surface area contributed by atoms with E-state index in [4.69, 9.17) is 18.6 Å². The van der Waals surface area contributed by atoms with Crippen molar-refractivity contribution >= 4 is 25.9 Å². The molecule has 1 aromatic carbocycles. The molecule has 0 heterocycles. The van der Waals surface area contributed by atoms with E-state index in [9.17, 15) is 9.59 Å². The zero-order valence-corrected chi connectivity index (χ0v) is 22.0. The lowest BCUT2D eigenvalue weighted by Gasteiger charge is -2.36. The van der Waals surface area contributed by atoms with E-state index in [1.807, 2.05) is 12.1 Å². The zero-order chi connectivity index (χ0) is 24.4. The number of hydrogen-bond donors (Lipinski definition) is 0. The van der Waals surface area contributed by atoms with Gasteiger partial charge in [-0.25, -0.2) is 9.59 Å². The summed E-state index contributed by atoms with van der Waals surface area (Å²) in [6.07, 6.45) is 1.56. The van der Waals surface area contributed by atoms with Crippen molar-refractivity contribution in [3.05, 3.63) is 24.3 Å². The van der Waals surface area contributed by atoms with Gasteiger partial charge < -0.3 is 23.5 Å². The predicted molar refractivity (Wildman–Crippen MR) is 130 cm³/mol. The first-order chi connectivity index (χ1) is 15.0. The number of unbranched alkanes of at least 4 members (excludes halogenated alkanes) is 1. The van der Waals surface area contributed by atoms with Crippen molar-refractivity contribution in [2.75, 3.05) is 38.4 Å². The minimum absolute atomic E-state index is 0.154.